The lowest BCUT2D eigenvalue weighted by atomic mass is 10.0. The van der Waals surface area contributed by atoms with Crippen molar-refractivity contribution in [2.24, 2.45) is 7.05 Å². The molecule has 0 saturated heterocycles. The van der Waals surface area contributed by atoms with Crippen LogP contribution in [0.2, 0.25) is 0 Å². The summed E-state index contributed by atoms with van der Waals surface area (Å²) in [6.45, 7) is 7.34. The molecule has 0 unspecified atom stereocenters. The predicted octanol–water partition coefficient (Wildman–Crippen LogP) is 3.18. The molecule has 5 heteroatoms. The molecule has 2 heterocycles. The fourth-order valence-electron chi connectivity index (χ4n) is 3.38. The Balaban J connectivity index is 1.99. The smallest absolute Gasteiger partial charge is 0.159 e. The van der Waals surface area contributed by atoms with Crippen LogP contribution in [0.15, 0.2) is 18.2 Å². The zero-order chi connectivity index (χ0) is 17.4. The Bertz CT molecular complexity index is 842. The number of hydrogen-bond donors (Lipinski definition) is 0. The van der Waals surface area contributed by atoms with Gasteiger partial charge in [-0.05, 0) is 25.1 Å². The number of aromatic nitrogens is 2. The summed E-state index contributed by atoms with van der Waals surface area (Å²) in [7, 11) is 2.08. The molecule has 0 radical (unpaired) electrons. The summed E-state index contributed by atoms with van der Waals surface area (Å²) in [5, 5.41) is 9.41. The van der Waals surface area contributed by atoms with Crippen LogP contribution in [0, 0.1) is 11.3 Å². The molecule has 24 heavy (non-hydrogen) atoms. The lowest BCUT2D eigenvalue weighted by Crippen LogP contribution is -2.31. The van der Waals surface area contributed by atoms with Crippen molar-refractivity contribution >= 4 is 11.5 Å². The molecule has 3 rings (SSSR count). The van der Waals surface area contributed by atoms with Crippen molar-refractivity contribution in [3.8, 4) is 6.07 Å². The highest BCUT2D eigenvalue weighted by Gasteiger charge is 2.25. The number of Topliss-reactive ketones (excluding diaryl/α,β-unsaturated/α-hetero) is 1. The zero-order valence-corrected chi connectivity index (χ0v) is 14.6. The van der Waals surface area contributed by atoms with Crippen LogP contribution < -0.4 is 4.90 Å². The van der Waals surface area contributed by atoms with Crippen molar-refractivity contribution in [1.82, 2.24) is 9.55 Å². The molecule has 124 valence electrons. The van der Waals surface area contributed by atoms with E-state index < -0.39 is 0 Å². The number of anilines is 1. The predicted molar refractivity (Wildman–Crippen MR) is 93.2 cm³/mol. The monoisotopic (exact) mass is 322 g/mol. The SMILES string of the molecule is CC(=O)c1ccc(C#N)c(N2CCc3c(nc(C(C)C)n3C)C2)c1. The first-order chi connectivity index (χ1) is 11.4. The van der Waals surface area contributed by atoms with Crippen molar-refractivity contribution in [3.63, 3.8) is 0 Å². The first-order valence-electron chi connectivity index (χ1n) is 8.26. The normalized spacial score (nSPS) is 13.8. The lowest BCUT2D eigenvalue weighted by molar-refractivity contribution is 0.101. The fourth-order valence-corrected chi connectivity index (χ4v) is 3.38. The van der Waals surface area contributed by atoms with E-state index in [2.05, 4.69) is 36.4 Å². The highest BCUT2D eigenvalue weighted by molar-refractivity contribution is 5.95. The Morgan fingerprint density at radius 2 is 2.12 bits per heavy atom. The van der Waals surface area contributed by atoms with Crippen molar-refractivity contribution in [1.29, 1.82) is 5.26 Å². The van der Waals surface area contributed by atoms with Crippen LogP contribution in [0.4, 0.5) is 5.69 Å². The molecular weight excluding hydrogens is 300 g/mol. The third kappa shape index (κ3) is 2.69. The summed E-state index contributed by atoms with van der Waals surface area (Å²) in [5.74, 6) is 1.49. The van der Waals surface area contributed by atoms with Gasteiger partial charge in [-0.3, -0.25) is 4.79 Å². The molecular formula is C19H22N4O. The van der Waals surface area contributed by atoms with Gasteiger partial charge < -0.3 is 9.47 Å². The number of ketones is 1. The Morgan fingerprint density at radius 3 is 2.75 bits per heavy atom. The van der Waals surface area contributed by atoms with E-state index in [1.807, 2.05) is 6.07 Å². The number of carbonyl (C=O) groups is 1. The Morgan fingerprint density at radius 1 is 1.38 bits per heavy atom. The maximum Gasteiger partial charge on any atom is 0.159 e. The first-order valence-corrected chi connectivity index (χ1v) is 8.26. The molecule has 0 atom stereocenters. The van der Waals surface area contributed by atoms with E-state index in [9.17, 15) is 10.1 Å². The van der Waals surface area contributed by atoms with Crippen molar-refractivity contribution < 1.29 is 4.79 Å². The van der Waals surface area contributed by atoms with Gasteiger partial charge in [-0.1, -0.05) is 13.8 Å². The standard InChI is InChI=1S/C19H22N4O/c1-12(2)19-21-16-11-23(8-7-17(16)22(19)4)18-9-14(13(3)24)5-6-15(18)10-20/h5-6,9,12H,7-8,11H2,1-4H3. The number of benzene rings is 1. The van der Waals surface area contributed by atoms with Gasteiger partial charge in [-0.2, -0.15) is 5.26 Å². The summed E-state index contributed by atoms with van der Waals surface area (Å²) in [5.41, 5.74) is 4.41. The van der Waals surface area contributed by atoms with Crippen LogP contribution >= 0.6 is 0 Å². The molecule has 1 aromatic heterocycles. The van der Waals surface area contributed by atoms with Gasteiger partial charge in [0.15, 0.2) is 5.78 Å². The van der Waals surface area contributed by atoms with Gasteiger partial charge in [0.1, 0.15) is 11.9 Å². The van der Waals surface area contributed by atoms with E-state index in [4.69, 9.17) is 4.98 Å². The third-order valence-corrected chi connectivity index (χ3v) is 4.67. The van der Waals surface area contributed by atoms with Crippen LogP contribution in [0.3, 0.4) is 0 Å². The quantitative estimate of drug-likeness (QED) is 0.814. The van der Waals surface area contributed by atoms with Crippen LogP contribution in [0.5, 0.6) is 0 Å². The van der Waals surface area contributed by atoms with E-state index in [-0.39, 0.29) is 5.78 Å². The minimum Gasteiger partial charge on any atom is -0.364 e. The summed E-state index contributed by atoms with van der Waals surface area (Å²) in [4.78, 5) is 18.7. The number of rotatable bonds is 3. The molecule has 1 aliphatic rings. The second-order valence-corrected chi connectivity index (χ2v) is 6.65. The lowest BCUT2D eigenvalue weighted by Gasteiger charge is -2.29. The molecule has 5 nitrogen and oxygen atoms in total. The molecule has 0 aliphatic carbocycles. The van der Waals surface area contributed by atoms with Crippen molar-refractivity contribution in [2.75, 3.05) is 11.4 Å². The summed E-state index contributed by atoms with van der Waals surface area (Å²) in [6.07, 6.45) is 0.890. The number of fused-ring (bicyclic) bond motifs is 1. The molecule has 0 fully saturated rings. The summed E-state index contributed by atoms with van der Waals surface area (Å²) in [6, 6.07) is 7.53. The Labute approximate surface area is 142 Å². The summed E-state index contributed by atoms with van der Waals surface area (Å²) >= 11 is 0. The summed E-state index contributed by atoms with van der Waals surface area (Å²) < 4.78 is 2.20. The zero-order valence-electron chi connectivity index (χ0n) is 14.6. The fraction of sp³-hybridized carbons (Fsp3) is 0.421. The number of nitriles is 1. The molecule has 0 bridgehead atoms. The van der Waals surface area contributed by atoms with Gasteiger partial charge in [-0.25, -0.2) is 4.98 Å². The van der Waals surface area contributed by atoms with Gasteiger partial charge in [0.25, 0.3) is 0 Å². The maximum atomic E-state index is 11.7. The van der Waals surface area contributed by atoms with Gasteiger partial charge in [-0.15, -0.1) is 0 Å². The highest BCUT2D eigenvalue weighted by Crippen LogP contribution is 2.29. The van der Waals surface area contributed by atoms with E-state index in [1.54, 1.807) is 19.1 Å². The molecule has 1 aromatic carbocycles. The van der Waals surface area contributed by atoms with E-state index in [0.717, 1.165) is 30.2 Å². The minimum atomic E-state index is 0.0124. The van der Waals surface area contributed by atoms with Crippen LogP contribution in [0.1, 0.15) is 59.8 Å². The molecule has 0 N–H and O–H groups in total. The van der Waals surface area contributed by atoms with Gasteiger partial charge in [0.2, 0.25) is 0 Å². The molecule has 1 aliphatic heterocycles. The minimum absolute atomic E-state index is 0.0124. The third-order valence-electron chi connectivity index (χ3n) is 4.67. The molecule has 0 spiro atoms. The van der Waals surface area contributed by atoms with Crippen molar-refractivity contribution in [2.45, 2.75) is 39.7 Å². The van der Waals surface area contributed by atoms with Crippen LogP contribution in [-0.2, 0) is 20.0 Å². The average Bonchev–Trinajstić information content (AvgIpc) is 2.90. The molecule has 0 saturated carbocycles. The molecule has 2 aromatic rings. The van der Waals surface area contributed by atoms with E-state index >= 15 is 0 Å². The number of carbonyl (C=O) groups excluding carboxylic acids is 1. The van der Waals surface area contributed by atoms with E-state index in [0.29, 0.717) is 23.6 Å². The van der Waals surface area contributed by atoms with Crippen molar-refractivity contribution in [3.05, 3.63) is 46.5 Å². The average molecular weight is 322 g/mol. The largest absolute Gasteiger partial charge is 0.364 e. The number of hydrogen-bond acceptors (Lipinski definition) is 4. The second-order valence-electron chi connectivity index (χ2n) is 6.65. The van der Waals surface area contributed by atoms with E-state index in [1.165, 1.54) is 5.69 Å². The van der Waals surface area contributed by atoms with Gasteiger partial charge in [0.05, 0.1) is 23.5 Å². The first kappa shape index (κ1) is 16.3. The Hall–Kier alpha value is -2.61. The maximum absolute atomic E-state index is 11.7. The van der Waals surface area contributed by atoms with Crippen LogP contribution in [0.25, 0.3) is 0 Å². The second kappa shape index (κ2) is 6.12. The molecule has 0 amide bonds. The van der Waals surface area contributed by atoms with Gasteiger partial charge in [0, 0.05) is 37.2 Å². The topological polar surface area (TPSA) is 61.9 Å². The van der Waals surface area contributed by atoms with Gasteiger partial charge >= 0.3 is 0 Å². The number of nitrogens with zero attached hydrogens (tertiary/aromatic N) is 4. The van der Waals surface area contributed by atoms with Crippen LogP contribution in [-0.4, -0.2) is 21.9 Å². The number of imidazole rings is 1. The Kier molecular flexibility index (Phi) is 4.15. The highest BCUT2D eigenvalue weighted by atomic mass is 16.1.